The molecule has 1 aromatic carbocycles. The molecule has 2 fully saturated rings. The van der Waals surface area contributed by atoms with Gasteiger partial charge in [-0.2, -0.15) is 0 Å². The van der Waals surface area contributed by atoms with Crippen molar-refractivity contribution in [3.8, 4) is 0 Å². The summed E-state index contributed by atoms with van der Waals surface area (Å²) in [5, 5.41) is 3.08. The van der Waals surface area contributed by atoms with Gasteiger partial charge in [0.1, 0.15) is 0 Å². The molecule has 2 saturated heterocycles. The first-order valence-electron chi connectivity index (χ1n) is 10.5. The maximum absolute atomic E-state index is 12.9. The van der Waals surface area contributed by atoms with Crippen LogP contribution in [0.25, 0.3) is 0 Å². The minimum atomic E-state index is -0.244. The molecular weight excluding hydrogens is 354 g/mol. The van der Waals surface area contributed by atoms with Crippen molar-refractivity contribution in [1.29, 1.82) is 0 Å². The minimum absolute atomic E-state index is 0.0558. The quantitative estimate of drug-likeness (QED) is 0.783. The maximum Gasteiger partial charge on any atom is 0.227 e. The lowest BCUT2D eigenvalue weighted by atomic mass is 10.0. The minimum Gasteiger partial charge on any atom is -0.353 e. The van der Waals surface area contributed by atoms with Gasteiger partial charge in [-0.25, -0.2) is 0 Å². The molecule has 152 valence electrons. The third-order valence-electron chi connectivity index (χ3n) is 5.71. The van der Waals surface area contributed by atoms with Crippen LogP contribution in [0, 0.1) is 5.92 Å². The summed E-state index contributed by atoms with van der Waals surface area (Å²) in [6, 6.07) is 10.0. The van der Waals surface area contributed by atoms with Crippen LogP contribution >= 0.6 is 0 Å². The molecule has 6 nitrogen and oxygen atoms in total. The van der Waals surface area contributed by atoms with Crippen molar-refractivity contribution in [1.82, 2.24) is 15.1 Å². The number of carbonyl (C=O) groups excluding carboxylic acids is 3. The summed E-state index contributed by atoms with van der Waals surface area (Å²) in [5.74, 6) is 0.0106. The fourth-order valence-electron chi connectivity index (χ4n) is 4.03. The highest BCUT2D eigenvalue weighted by atomic mass is 16.2. The highest BCUT2D eigenvalue weighted by molar-refractivity contribution is 5.89. The van der Waals surface area contributed by atoms with Gasteiger partial charge in [-0.15, -0.1) is 0 Å². The molecule has 6 heteroatoms. The molecule has 0 bridgehead atoms. The van der Waals surface area contributed by atoms with Crippen LogP contribution in [-0.4, -0.2) is 53.2 Å². The monoisotopic (exact) mass is 385 g/mol. The lowest BCUT2D eigenvalue weighted by molar-refractivity contribution is -0.137. The van der Waals surface area contributed by atoms with E-state index in [2.05, 4.69) is 12.2 Å². The van der Waals surface area contributed by atoms with Crippen LogP contribution in [0.4, 0.5) is 0 Å². The average molecular weight is 386 g/mol. The second-order valence-corrected chi connectivity index (χ2v) is 7.93. The van der Waals surface area contributed by atoms with E-state index in [4.69, 9.17) is 0 Å². The number of hydrogen-bond donors (Lipinski definition) is 1. The third-order valence-corrected chi connectivity index (χ3v) is 5.71. The number of nitrogens with one attached hydrogen (secondary N) is 1. The zero-order valence-electron chi connectivity index (χ0n) is 16.7. The molecule has 0 spiro atoms. The van der Waals surface area contributed by atoms with Gasteiger partial charge >= 0.3 is 0 Å². The Balaban J connectivity index is 1.45. The molecule has 3 amide bonds. The molecule has 1 N–H and O–H groups in total. The van der Waals surface area contributed by atoms with E-state index >= 15 is 0 Å². The Hall–Kier alpha value is -2.37. The first-order valence-corrected chi connectivity index (χ1v) is 10.5. The van der Waals surface area contributed by atoms with Crippen molar-refractivity contribution >= 4 is 17.7 Å². The molecule has 0 saturated carbocycles. The van der Waals surface area contributed by atoms with E-state index in [1.54, 1.807) is 4.90 Å². The predicted octanol–water partition coefficient (Wildman–Crippen LogP) is 2.33. The molecule has 0 aromatic heterocycles. The van der Waals surface area contributed by atoms with Gasteiger partial charge < -0.3 is 15.1 Å². The zero-order chi connectivity index (χ0) is 19.9. The van der Waals surface area contributed by atoms with Crippen LogP contribution < -0.4 is 5.32 Å². The van der Waals surface area contributed by atoms with Crippen molar-refractivity contribution in [2.75, 3.05) is 19.6 Å². The smallest absolute Gasteiger partial charge is 0.227 e. The van der Waals surface area contributed by atoms with E-state index < -0.39 is 0 Å². The molecule has 1 aromatic rings. The number of hydrogen-bond acceptors (Lipinski definition) is 3. The molecule has 2 aliphatic heterocycles. The first kappa shape index (κ1) is 20.4. The van der Waals surface area contributed by atoms with Gasteiger partial charge in [0.2, 0.25) is 17.7 Å². The van der Waals surface area contributed by atoms with Gasteiger partial charge in [0.05, 0.1) is 5.92 Å². The van der Waals surface area contributed by atoms with Crippen LogP contribution in [0.1, 0.15) is 51.0 Å². The molecule has 28 heavy (non-hydrogen) atoms. The van der Waals surface area contributed by atoms with Gasteiger partial charge in [-0.3, -0.25) is 14.4 Å². The van der Waals surface area contributed by atoms with E-state index in [1.165, 1.54) is 0 Å². The Morgan fingerprint density at radius 2 is 1.86 bits per heavy atom. The Morgan fingerprint density at radius 3 is 2.54 bits per heavy atom. The normalized spacial score (nSPS) is 20.5. The summed E-state index contributed by atoms with van der Waals surface area (Å²) >= 11 is 0. The van der Waals surface area contributed by atoms with Gasteiger partial charge in [-0.1, -0.05) is 43.7 Å². The van der Waals surface area contributed by atoms with Crippen LogP contribution in [0.5, 0.6) is 0 Å². The van der Waals surface area contributed by atoms with Crippen molar-refractivity contribution in [2.45, 2.75) is 58.0 Å². The summed E-state index contributed by atoms with van der Waals surface area (Å²) in [5.41, 5.74) is 1.09. The van der Waals surface area contributed by atoms with E-state index in [-0.39, 0.29) is 29.7 Å². The van der Waals surface area contributed by atoms with Crippen molar-refractivity contribution < 1.29 is 14.4 Å². The first-order chi connectivity index (χ1) is 13.6. The van der Waals surface area contributed by atoms with Gasteiger partial charge in [0.15, 0.2) is 0 Å². The van der Waals surface area contributed by atoms with E-state index in [0.717, 1.165) is 31.2 Å². The third kappa shape index (κ3) is 5.33. The Labute approximate surface area is 167 Å². The topological polar surface area (TPSA) is 69.7 Å². The summed E-state index contributed by atoms with van der Waals surface area (Å²) in [7, 11) is 0. The lowest BCUT2D eigenvalue weighted by Crippen LogP contribution is -2.48. The Morgan fingerprint density at radius 1 is 1.14 bits per heavy atom. The summed E-state index contributed by atoms with van der Waals surface area (Å²) in [4.78, 5) is 40.8. The Bertz CT molecular complexity index is 684. The second-order valence-electron chi connectivity index (χ2n) is 7.93. The highest BCUT2D eigenvalue weighted by Crippen LogP contribution is 2.24. The SMILES string of the molecule is CCCCC(=O)NC1CCN(C(=O)C2CC(=O)N(Cc3ccccc3)C2)CC1. The highest BCUT2D eigenvalue weighted by Gasteiger charge is 2.37. The van der Waals surface area contributed by atoms with Crippen LogP contribution in [0.3, 0.4) is 0 Å². The summed E-state index contributed by atoms with van der Waals surface area (Å²) < 4.78 is 0. The number of unbranched alkanes of at least 4 members (excludes halogenated alkanes) is 1. The fraction of sp³-hybridized carbons (Fsp3) is 0.591. The molecule has 2 heterocycles. The van der Waals surface area contributed by atoms with E-state index in [0.29, 0.717) is 39.0 Å². The number of likely N-dealkylation sites (tertiary alicyclic amines) is 2. The summed E-state index contributed by atoms with van der Waals surface area (Å²) in [6.07, 6.45) is 4.40. The number of rotatable bonds is 7. The van der Waals surface area contributed by atoms with Crippen LogP contribution in [0.2, 0.25) is 0 Å². The average Bonchev–Trinajstić information content (AvgIpc) is 3.07. The molecule has 0 radical (unpaired) electrons. The van der Waals surface area contributed by atoms with Crippen molar-refractivity contribution in [2.24, 2.45) is 5.92 Å². The van der Waals surface area contributed by atoms with Crippen LogP contribution in [0.15, 0.2) is 30.3 Å². The predicted molar refractivity (Wildman–Crippen MR) is 107 cm³/mol. The van der Waals surface area contributed by atoms with E-state index in [1.807, 2.05) is 35.2 Å². The number of amides is 3. The van der Waals surface area contributed by atoms with Crippen molar-refractivity contribution in [3.05, 3.63) is 35.9 Å². The maximum atomic E-state index is 12.9. The van der Waals surface area contributed by atoms with Crippen molar-refractivity contribution in [3.63, 3.8) is 0 Å². The molecular formula is C22H31N3O3. The van der Waals surface area contributed by atoms with Gasteiger partial charge in [0.25, 0.3) is 0 Å². The summed E-state index contributed by atoms with van der Waals surface area (Å²) in [6.45, 7) is 4.45. The number of benzene rings is 1. The molecule has 3 rings (SSSR count). The number of nitrogens with zero attached hydrogens (tertiary/aromatic N) is 2. The number of carbonyl (C=O) groups is 3. The molecule has 2 aliphatic rings. The van der Waals surface area contributed by atoms with Gasteiger partial charge in [-0.05, 0) is 24.8 Å². The van der Waals surface area contributed by atoms with Gasteiger partial charge in [0, 0.05) is 45.1 Å². The number of piperidine rings is 1. The van der Waals surface area contributed by atoms with E-state index in [9.17, 15) is 14.4 Å². The molecule has 0 aliphatic carbocycles. The molecule has 1 unspecified atom stereocenters. The van der Waals surface area contributed by atoms with Crippen LogP contribution in [-0.2, 0) is 20.9 Å². The standard InChI is InChI=1S/C22H31N3O3/c1-2-3-9-20(26)23-19-10-12-24(13-11-19)22(28)18-14-21(27)25(16-18)15-17-7-5-4-6-8-17/h4-8,18-19H,2-3,9-16H2,1H3,(H,23,26). The second kappa shape index (κ2) is 9.71. The molecule has 1 atom stereocenters. The Kier molecular flexibility index (Phi) is 7.06. The largest absolute Gasteiger partial charge is 0.353 e. The lowest BCUT2D eigenvalue weighted by Gasteiger charge is -2.33. The zero-order valence-corrected chi connectivity index (χ0v) is 16.7. The fourth-order valence-corrected chi connectivity index (χ4v) is 4.03.